The second-order valence-electron chi connectivity index (χ2n) is 14.6. The van der Waals surface area contributed by atoms with Crippen molar-refractivity contribution >= 4 is 43.5 Å². The van der Waals surface area contributed by atoms with E-state index in [0.29, 0.717) is 5.82 Å². The summed E-state index contributed by atoms with van der Waals surface area (Å²) in [6.45, 7) is 0. The maximum atomic E-state index is 5.40. The topological polar surface area (TPSA) is 30.7 Å². The molecule has 9 aromatic carbocycles. The predicted molar refractivity (Wildman–Crippen MR) is 239 cm³/mol. The summed E-state index contributed by atoms with van der Waals surface area (Å²) in [7, 11) is 0. The Kier molecular flexibility index (Phi) is 7.82. The van der Waals surface area contributed by atoms with Gasteiger partial charge in [0, 0.05) is 33.0 Å². The fourth-order valence-corrected chi connectivity index (χ4v) is 8.40. The van der Waals surface area contributed by atoms with Crippen LogP contribution in [0.5, 0.6) is 0 Å². The van der Waals surface area contributed by atoms with Crippen LogP contribution < -0.4 is 0 Å². The molecule has 0 spiro atoms. The third-order valence-electron chi connectivity index (χ3n) is 11.2. The zero-order valence-corrected chi connectivity index (χ0v) is 31.0. The normalized spacial score (nSPS) is 11.5. The highest BCUT2D eigenvalue weighted by molar-refractivity contribution is 6.21. The van der Waals surface area contributed by atoms with E-state index in [9.17, 15) is 0 Å². The second-order valence-corrected chi connectivity index (χ2v) is 14.6. The third-order valence-corrected chi connectivity index (χ3v) is 11.2. The Hall–Kier alpha value is -7.62. The van der Waals surface area contributed by atoms with Gasteiger partial charge in [-0.05, 0) is 80.6 Å². The quantitative estimate of drug-likeness (QED) is 0.171. The van der Waals surface area contributed by atoms with E-state index in [1.54, 1.807) is 0 Å². The van der Waals surface area contributed by atoms with Crippen LogP contribution in [-0.2, 0) is 0 Å². The van der Waals surface area contributed by atoms with Crippen molar-refractivity contribution in [1.29, 1.82) is 0 Å². The van der Waals surface area contributed by atoms with Crippen molar-refractivity contribution in [3.05, 3.63) is 212 Å². The van der Waals surface area contributed by atoms with E-state index < -0.39 is 0 Å². The lowest BCUT2D eigenvalue weighted by atomic mass is 9.99. The monoisotopic (exact) mass is 725 g/mol. The van der Waals surface area contributed by atoms with Gasteiger partial charge in [-0.25, -0.2) is 9.97 Å². The Morgan fingerprint density at radius 2 is 0.895 bits per heavy atom. The van der Waals surface area contributed by atoms with Crippen molar-refractivity contribution in [2.75, 3.05) is 0 Å². The van der Waals surface area contributed by atoms with Crippen molar-refractivity contribution in [2.45, 2.75) is 0 Å². The highest BCUT2D eigenvalue weighted by Gasteiger charge is 2.19. The van der Waals surface area contributed by atoms with Crippen LogP contribution in [-0.4, -0.2) is 14.5 Å². The fraction of sp³-hybridized carbons (Fsp3) is 0. The van der Waals surface area contributed by atoms with Crippen LogP contribution in [0.4, 0.5) is 0 Å². The zero-order valence-electron chi connectivity index (χ0n) is 31.0. The molecule has 0 saturated heterocycles. The summed E-state index contributed by atoms with van der Waals surface area (Å²) in [6.07, 6.45) is 0. The minimum atomic E-state index is 0.700. The molecule has 57 heavy (non-hydrogen) atoms. The molecule has 0 aliphatic heterocycles. The SMILES string of the molecule is c1ccc(-c2ccc(-c3nc(-c4cccc(-c5ccccc5)c4)c4cc(-n5c6cc(-c7ccccc7)ccc6c6c7ccccc7ccc65)ccc4n3)cc2)cc1. The molecule has 0 aliphatic rings. The van der Waals surface area contributed by atoms with Crippen molar-refractivity contribution in [1.82, 2.24) is 14.5 Å². The molecular formula is C54H35N3. The first kappa shape index (κ1) is 32.8. The van der Waals surface area contributed by atoms with Gasteiger partial charge in [-0.1, -0.05) is 176 Å². The van der Waals surface area contributed by atoms with E-state index in [1.807, 2.05) is 6.07 Å². The van der Waals surface area contributed by atoms with Gasteiger partial charge in [-0.3, -0.25) is 0 Å². The van der Waals surface area contributed by atoms with Crippen LogP contribution in [0.25, 0.3) is 105 Å². The van der Waals surface area contributed by atoms with Crippen molar-refractivity contribution in [3.8, 4) is 61.7 Å². The van der Waals surface area contributed by atoms with E-state index in [0.717, 1.165) is 55.6 Å². The summed E-state index contributed by atoms with van der Waals surface area (Å²) in [5.41, 5.74) is 14.2. The van der Waals surface area contributed by atoms with Gasteiger partial charge in [0.25, 0.3) is 0 Å². The average molecular weight is 726 g/mol. The Bertz CT molecular complexity index is 3260. The molecule has 11 aromatic rings. The standard InChI is InChI=1S/C54H35N3/c1-4-13-36(14-5-1)39-23-25-41(26-24-39)54-55-49-31-29-45(35-48(49)53(56-54)44-21-12-20-42(33-44)37-15-6-2-7-16-37)57-50-32-28-40-19-10-11-22-46(40)52(50)47-30-27-43(34-51(47)57)38-17-8-3-9-18-38/h1-35H. The lowest BCUT2D eigenvalue weighted by Crippen LogP contribution is -1.99. The van der Waals surface area contributed by atoms with Gasteiger partial charge in [0.05, 0.1) is 22.2 Å². The molecule has 11 rings (SSSR count). The van der Waals surface area contributed by atoms with Crippen molar-refractivity contribution in [3.63, 3.8) is 0 Å². The molecule has 0 aliphatic carbocycles. The van der Waals surface area contributed by atoms with Gasteiger partial charge in [-0.2, -0.15) is 0 Å². The van der Waals surface area contributed by atoms with Crippen LogP contribution in [0.3, 0.4) is 0 Å². The number of nitrogens with zero attached hydrogens (tertiary/aromatic N) is 3. The summed E-state index contributed by atoms with van der Waals surface area (Å²) in [5, 5.41) is 5.95. The number of benzene rings is 9. The minimum absolute atomic E-state index is 0.700. The lowest BCUT2D eigenvalue weighted by Gasteiger charge is -2.14. The number of aromatic nitrogens is 3. The predicted octanol–water partition coefficient (Wildman–Crippen LogP) is 14.2. The van der Waals surface area contributed by atoms with Gasteiger partial charge >= 0.3 is 0 Å². The van der Waals surface area contributed by atoms with Gasteiger partial charge in [0.15, 0.2) is 5.82 Å². The number of hydrogen-bond acceptors (Lipinski definition) is 2. The molecule has 2 aromatic heterocycles. The Morgan fingerprint density at radius 1 is 0.316 bits per heavy atom. The van der Waals surface area contributed by atoms with Crippen LogP contribution in [0.1, 0.15) is 0 Å². The maximum absolute atomic E-state index is 5.40. The fourth-order valence-electron chi connectivity index (χ4n) is 8.40. The van der Waals surface area contributed by atoms with Crippen LogP contribution in [0, 0.1) is 0 Å². The van der Waals surface area contributed by atoms with Crippen molar-refractivity contribution < 1.29 is 0 Å². The molecule has 0 unspecified atom stereocenters. The van der Waals surface area contributed by atoms with Crippen molar-refractivity contribution in [2.24, 2.45) is 0 Å². The van der Waals surface area contributed by atoms with Gasteiger partial charge < -0.3 is 4.57 Å². The molecule has 0 bridgehead atoms. The third kappa shape index (κ3) is 5.76. The van der Waals surface area contributed by atoms with Crippen LogP contribution >= 0.6 is 0 Å². The summed E-state index contributed by atoms with van der Waals surface area (Å²) >= 11 is 0. The van der Waals surface area contributed by atoms with E-state index >= 15 is 0 Å². The summed E-state index contributed by atoms with van der Waals surface area (Å²) in [4.78, 5) is 10.6. The molecule has 0 saturated carbocycles. The average Bonchev–Trinajstić information content (AvgIpc) is 3.63. The molecule has 0 atom stereocenters. The lowest BCUT2D eigenvalue weighted by molar-refractivity contribution is 1.18. The molecule has 3 nitrogen and oxygen atoms in total. The minimum Gasteiger partial charge on any atom is -0.309 e. The summed E-state index contributed by atoms with van der Waals surface area (Å²) in [6, 6.07) is 75.7. The Morgan fingerprint density at radius 3 is 1.63 bits per heavy atom. The van der Waals surface area contributed by atoms with Gasteiger partial charge in [0.2, 0.25) is 0 Å². The second kappa shape index (κ2) is 13.6. The van der Waals surface area contributed by atoms with E-state index in [-0.39, 0.29) is 0 Å². The van der Waals surface area contributed by atoms with E-state index in [1.165, 1.54) is 43.8 Å². The first-order valence-electron chi connectivity index (χ1n) is 19.4. The Labute approximate surface area is 330 Å². The van der Waals surface area contributed by atoms with E-state index in [4.69, 9.17) is 9.97 Å². The van der Waals surface area contributed by atoms with Crippen LogP contribution in [0.15, 0.2) is 212 Å². The first-order valence-corrected chi connectivity index (χ1v) is 19.4. The molecule has 0 amide bonds. The highest BCUT2D eigenvalue weighted by atomic mass is 15.0. The largest absolute Gasteiger partial charge is 0.309 e. The van der Waals surface area contributed by atoms with E-state index in [2.05, 4.69) is 211 Å². The molecule has 266 valence electrons. The summed E-state index contributed by atoms with van der Waals surface area (Å²) in [5.74, 6) is 0.700. The molecule has 2 heterocycles. The Balaban J connectivity index is 1.15. The molecule has 0 fully saturated rings. The molecular weight excluding hydrogens is 691 g/mol. The number of rotatable bonds is 6. The van der Waals surface area contributed by atoms with Gasteiger partial charge in [0.1, 0.15) is 0 Å². The molecule has 0 radical (unpaired) electrons. The number of hydrogen-bond donors (Lipinski definition) is 0. The highest BCUT2D eigenvalue weighted by Crippen LogP contribution is 2.40. The molecule has 3 heteroatoms. The maximum Gasteiger partial charge on any atom is 0.160 e. The first-order chi connectivity index (χ1) is 28.2. The summed E-state index contributed by atoms with van der Waals surface area (Å²) < 4.78 is 2.42. The molecule has 0 N–H and O–H groups in total. The van der Waals surface area contributed by atoms with Crippen LogP contribution in [0.2, 0.25) is 0 Å². The smallest absolute Gasteiger partial charge is 0.160 e. The zero-order chi connectivity index (χ0) is 37.7. The number of fused-ring (bicyclic) bond motifs is 6. The van der Waals surface area contributed by atoms with Gasteiger partial charge in [-0.15, -0.1) is 0 Å².